The minimum atomic E-state index is -3.52. The third-order valence-electron chi connectivity index (χ3n) is 3.65. The van der Waals surface area contributed by atoms with E-state index in [-0.39, 0.29) is 0 Å². The minimum Gasteiger partial charge on any atom is -0.496 e. The van der Waals surface area contributed by atoms with E-state index in [0.29, 0.717) is 41.5 Å². The number of halogens is 1. The van der Waals surface area contributed by atoms with Crippen molar-refractivity contribution in [3.05, 3.63) is 22.7 Å². The minimum absolute atomic E-state index is 0.423. The summed E-state index contributed by atoms with van der Waals surface area (Å²) in [6.45, 7) is 1.63. The van der Waals surface area contributed by atoms with Crippen molar-refractivity contribution in [2.75, 3.05) is 31.5 Å². The maximum Gasteiger partial charge on any atom is 0.301 e. The number of benzene rings is 1. The van der Waals surface area contributed by atoms with E-state index in [1.807, 2.05) is 0 Å². The van der Waals surface area contributed by atoms with Crippen molar-refractivity contribution in [3.8, 4) is 5.75 Å². The molecular formula is C13H20BrN3O3S. The monoisotopic (exact) mass is 377 g/mol. The Hall–Kier alpha value is -0.830. The third kappa shape index (κ3) is 4.09. The molecule has 3 N–H and O–H groups in total. The lowest BCUT2D eigenvalue weighted by molar-refractivity contribution is 0.280. The topological polar surface area (TPSA) is 84.7 Å². The second-order valence-corrected chi connectivity index (χ2v) is 7.56. The zero-order valence-corrected chi connectivity index (χ0v) is 14.3. The molecule has 0 aromatic heterocycles. The quantitative estimate of drug-likeness (QED) is 0.818. The van der Waals surface area contributed by atoms with E-state index in [1.54, 1.807) is 25.3 Å². The van der Waals surface area contributed by atoms with Crippen LogP contribution >= 0.6 is 15.9 Å². The normalized spacial score (nSPS) is 17.7. The van der Waals surface area contributed by atoms with E-state index >= 15 is 0 Å². The Bertz CT molecular complexity index is 586. The van der Waals surface area contributed by atoms with Crippen LogP contribution in [0.1, 0.15) is 12.8 Å². The molecule has 0 radical (unpaired) electrons. The molecule has 118 valence electrons. The second-order valence-electron chi connectivity index (χ2n) is 5.03. The van der Waals surface area contributed by atoms with Crippen LogP contribution in [0.25, 0.3) is 0 Å². The number of nitrogens with zero attached hydrogens (tertiary/aromatic N) is 1. The Morgan fingerprint density at radius 2 is 2.10 bits per heavy atom. The molecule has 0 unspecified atom stereocenters. The van der Waals surface area contributed by atoms with Crippen LogP contribution in [-0.4, -0.2) is 39.5 Å². The average molecular weight is 378 g/mol. The summed E-state index contributed by atoms with van der Waals surface area (Å²) in [7, 11) is -1.96. The predicted molar refractivity (Wildman–Crippen MR) is 86.6 cm³/mol. The lowest BCUT2D eigenvalue weighted by atomic mass is 9.99. The molecule has 0 amide bonds. The molecule has 0 aliphatic carbocycles. The Balaban J connectivity index is 2.06. The zero-order valence-electron chi connectivity index (χ0n) is 11.9. The molecule has 1 aliphatic rings. The molecule has 21 heavy (non-hydrogen) atoms. The predicted octanol–water partition coefficient (Wildman–Crippen LogP) is 1.79. The summed E-state index contributed by atoms with van der Waals surface area (Å²) in [6.07, 6.45) is 1.62. The number of hydrogen-bond acceptors (Lipinski definition) is 4. The van der Waals surface area contributed by atoms with Gasteiger partial charge in [-0.15, -0.1) is 0 Å². The van der Waals surface area contributed by atoms with Crippen LogP contribution in [0.3, 0.4) is 0 Å². The van der Waals surface area contributed by atoms with Crippen LogP contribution in [0.5, 0.6) is 5.75 Å². The van der Waals surface area contributed by atoms with Crippen molar-refractivity contribution in [2.45, 2.75) is 12.8 Å². The maximum atomic E-state index is 12.4. The summed E-state index contributed by atoms with van der Waals surface area (Å²) in [5.41, 5.74) is 6.13. The van der Waals surface area contributed by atoms with Crippen LogP contribution in [0.2, 0.25) is 0 Å². The lowest BCUT2D eigenvalue weighted by Crippen LogP contribution is -2.42. The van der Waals surface area contributed by atoms with E-state index in [1.165, 1.54) is 4.31 Å². The Morgan fingerprint density at radius 1 is 1.43 bits per heavy atom. The second kappa shape index (κ2) is 6.95. The number of nitrogens with two attached hydrogens (primary N) is 1. The summed E-state index contributed by atoms with van der Waals surface area (Å²) in [5, 5.41) is 0. The highest BCUT2D eigenvalue weighted by molar-refractivity contribution is 9.10. The molecule has 6 nitrogen and oxygen atoms in total. The largest absolute Gasteiger partial charge is 0.496 e. The molecule has 1 aliphatic heterocycles. The molecule has 0 spiro atoms. The van der Waals surface area contributed by atoms with Crippen molar-refractivity contribution in [1.29, 1.82) is 0 Å². The highest BCUT2D eigenvalue weighted by atomic mass is 79.9. The van der Waals surface area contributed by atoms with Crippen LogP contribution < -0.4 is 15.2 Å². The first-order valence-electron chi connectivity index (χ1n) is 6.77. The van der Waals surface area contributed by atoms with Crippen molar-refractivity contribution in [3.63, 3.8) is 0 Å². The van der Waals surface area contributed by atoms with Crippen molar-refractivity contribution in [1.82, 2.24) is 4.31 Å². The highest BCUT2D eigenvalue weighted by Crippen LogP contribution is 2.28. The Kier molecular flexibility index (Phi) is 5.48. The molecule has 0 bridgehead atoms. The van der Waals surface area contributed by atoms with Crippen molar-refractivity contribution >= 4 is 31.8 Å². The fraction of sp³-hybridized carbons (Fsp3) is 0.538. The molecule has 0 atom stereocenters. The summed E-state index contributed by atoms with van der Waals surface area (Å²) in [6, 6.07) is 5.07. The van der Waals surface area contributed by atoms with E-state index in [9.17, 15) is 8.42 Å². The van der Waals surface area contributed by atoms with Gasteiger partial charge in [0.05, 0.1) is 17.3 Å². The van der Waals surface area contributed by atoms with E-state index < -0.39 is 10.2 Å². The number of methoxy groups -OCH3 is 1. The first-order chi connectivity index (χ1) is 9.96. The van der Waals surface area contributed by atoms with Gasteiger partial charge in [-0.05, 0) is 59.4 Å². The maximum absolute atomic E-state index is 12.4. The molecule has 1 aromatic rings. The standard InChI is InChI=1S/C13H20BrN3O3S/c1-20-13-3-2-11(8-12(13)14)16-21(18,19)17-6-4-10(9-15)5-7-17/h2-3,8,10,16H,4-7,9,15H2,1H3. The number of ether oxygens (including phenoxy) is 1. The molecule has 2 rings (SSSR count). The molecule has 1 aromatic carbocycles. The molecule has 1 saturated heterocycles. The average Bonchev–Trinajstić information content (AvgIpc) is 2.47. The van der Waals surface area contributed by atoms with Gasteiger partial charge in [0.15, 0.2) is 0 Å². The zero-order chi connectivity index (χ0) is 15.5. The van der Waals surface area contributed by atoms with Gasteiger partial charge in [0.2, 0.25) is 0 Å². The SMILES string of the molecule is COc1ccc(NS(=O)(=O)N2CCC(CN)CC2)cc1Br. The first-order valence-corrected chi connectivity index (χ1v) is 9.01. The van der Waals surface area contributed by atoms with Gasteiger partial charge < -0.3 is 10.5 Å². The molecule has 0 saturated carbocycles. The van der Waals surface area contributed by atoms with E-state index in [2.05, 4.69) is 20.7 Å². The van der Waals surface area contributed by atoms with Gasteiger partial charge in [-0.3, -0.25) is 4.72 Å². The van der Waals surface area contributed by atoms with Gasteiger partial charge in [0.25, 0.3) is 0 Å². The number of nitrogens with one attached hydrogen (secondary N) is 1. The van der Waals surface area contributed by atoms with Gasteiger partial charge in [-0.1, -0.05) is 0 Å². The number of rotatable bonds is 5. The smallest absolute Gasteiger partial charge is 0.301 e. The molecule has 1 fully saturated rings. The number of hydrogen-bond donors (Lipinski definition) is 2. The number of anilines is 1. The fourth-order valence-corrected chi connectivity index (χ4v) is 4.11. The lowest BCUT2D eigenvalue weighted by Gasteiger charge is -2.30. The van der Waals surface area contributed by atoms with Gasteiger partial charge in [-0.2, -0.15) is 12.7 Å². The van der Waals surface area contributed by atoms with Crippen LogP contribution in [0.15, 0.2) is 22.7 Å². The summed E-state index contributed by atoms with van der Waals surface area (Å²) in [4.78, 5) is 0. The van der Waals surface area contributed by atoms with Gasteiger partial charge in [0.1, 0.15) is 5.75 Å². The van der Waals surface area contributed by atoms with Crippen LogP contribution in [-0.2, 0) is 10.2 Å². The Morgan fingerprint density at radius 3 is 2.62 bits per heavy atom. The fourth-order valence-electron chi connectivity index (χ4n) is 2.33. The van der Waals surface area contributed by atoms with Gasteiger partial charge in [0, 0.05) is 13.1 Å². The molecule has 8 heteroatoms. The Labute approximate surface area is 134 Å². The van der Waals surface area contributed by atoms with Gasteiger partial charge >= 0.3 is 10.2 Å². The third-order valence-corrected chi connectivity index (χ3v) is 5.80. The molecular weight excluding hydrogens is 358 g/mol. The van der Waals surface area contributed by atoms with Crippen molar-refractivity contribution in [2.24, 2.45) is 11.7 Å². The highest BCUT2D eigenvalue weighted by Gasteiger charge is 2.27. The van der Waals surface area contributed by atoms with Crippen molar-refractivity contribution < 1.29 is 13.2 Å². The molecule has 1 heterocycles. The van der Waals surface area contributed by atoms with E-state index in [4.69, 9.17) is 10.5 Å². The van der Waals surface area contributed by atoms with E-state index in [0.717, 1.165) is 12.8 Å². The summed E-state index contributed by atoms with van der Waals surface area (Å²) >= 11 is 3.34. The first kappa shape index (κ1) is 16.5. The summed E-state index contributed by atoms with van der Waals surface area (Å²) in [5.74, 6) is 1.08. The van der Waals surface area contributed by atoms with Crippen LogP contribution in [0, 0.1) is 5.92 Å². The van der Waals surface area contributed by atoms with Crippen LogP contribution in [0.4, 0.5) is 5.69 Å². The number of piperidine rings is 1. The summed E-state index contributed by atoms with van der Waals surface area (Å²) < 4.78 is 34.6. The van der Waals surface area contributed by atoms with Gasteiger partial charge in [-0.25, -0.2) is 0 Å².